The average Bonchev–Trinajstić information content (AvgIpc) is 2.76. The standard InChI is InChI=1S/C16H8BrCl2FN2O2/c17-8-1-3-9(4-2-8)21-14-13(19)15(23)22(16(14)24)10-5-6-12(20)11(18)7-10/h1-7,21H. The van der Waals surface area contributed by atoms with E-state index in [-0.39, 0.29) is 21.4 Å². The molecule has 3 rings (SSSR count). The molecular formula is C16H8BrCl2FN2O2. The molecule has 0 aromatic heterocycles. The van der Waals surface area contributed by atoms with Crippen molar-refractivity contribution in [1.29, 1.82) is 0 Å². The highest BCUT2D eigenvalue weighted by Gasteiger charge is 2.39. The Balaban J connectivity index is 1.92. The zero-order valence-corrected chi connectivity index (χ0v) is 14.9. The lowest BCUT2D eigenvalue weighted by Crippen LogP contribution is -2.32. The highest BCUT2D eigenvalue weighted by molar-refractivity contribution is 9.10. The van der Waals surface area contributed by atoms with Crippen LogP contribution in [0, 0.1) is 5.82 Å². The number of anilines is 2. The summed E-state index contributed by atoms with van der Waals surface area (Å²) in [6.45, 7) is 0. The van der Waals surface area contributed by atoms with Crippen LogP contribution in [0.1, 0.15) is 0 Å². The van der Waals surface area contributed by atoms with Crippen LogP contribution in [0.5, 0.6) is 0 Å². The molecule has 1 aliphatic rings. The van der Waals surface area contributed by atoms with Gasteiger partial charge in [-0.3, -0.25) is 9.59 Å². The van der Waals surface area contributed by atoms with Gasteiger partial charge in [0.15, 0.2) is 0 Å². The fourth-order valence-electron chi connectivity index (χ4n) is 2.15. The summed E-state index contributed by atoms with van der Waals surface area (Å²) in [7, 11) is 0. The molecule has 1 heterocycles. The summed E-state index contributed by atoms with van der Waals surface area (Å²) in [5.74, 6) is -1.99. The number of hydrogen-bond donors (Lipinski definition) is 1. The summed E-state index contributed by atoms with van der Waals surface area (Å²) < 4.78 is 14.1. The van der Waals surface area contributed by atoms with E-state index in [1.807, 2.05) is 0 Å². The van der Waals surface area contributed by atoms with Crippen LogP contribution < -0.4 is 10.2 Å². The fraction of sp³-hybridized carbons (Fsp3) is 0. The molecule has 2 aromatic rings. The van der Waals surface area contributed by atoms with Gasteiger partial charge in [0.05, 0.1) is 10.7 Å². The number of carbonyl (C=O) groups is 2. The molecule has 0 unspecified atom stereocenters. The maximum absolute atomic E-state index is 13.3. The van der Waals surface area contributed by atoms with E-state index < -0.39 is 17.6 Å². The van der Waals surface area contributed by atoms with Crippen molar-refractivity contribution >= 4 is 62.3 Å². The highest BCUT2D eigenvalue weighted by atomic mass is 79.9. The van der Waals surface area contributed by atoms with Crippen LogP contribution in [-0.4, -0.2) is 11.8 Å². The first-order chi connectivity index (χ1) is 11.4. The van der Waals surface area contributed by atoms with Gasteiger partial charge in [-0.25, -0.2) is 9.29 Å². The van der Waals surface area contributed by atoms with Gasteiger partial charge in [-0.1, -0.05) is 39.1 Å². The third kappa shape index (κ3) is 3.05. The summed E-state index contributed by atoms with van der Waals surface area (Å²) >= 11 is 15.0. The molecule has 0 radical (unpaired) electrons. The minimum absolute atomic E-state index is 0.0514. The lowest BCUT2D eigenvalue weighted by Gasteiger charge is -2.15. The van der Waals surface area contributed by atoms with Crippen LogP contribution >= 0.6 is 39.1 Å². The topological polar surface area (TPSA) is 49.4 Å². The quantitative estimate of drug-likeness (QED) is 0.720. The normalized spacial score (nSPS) is 14.6. The molecule has 1 aliphatic heterocycles. The molecule has 4 nitrogen and oxygen atoms in total. The smallest absolute Gasteiger partial charge is 0.283 e. The molecule has 0 saturated carbocycles. The summed E-state index contributed by atoms with van der Waals surface area (Å²) in [6, 6.07) is 10.5. The minimum Gasteiger partial charge on any atom is -0.350 e. The van der Waals surface area contributed by atoms with E-state index in [0.29, 0.717) is 5.69 Å². The second-order valence-corrected chi connectivity index (χ2v) is 6.57. The zero-order valence-electron chi connectivity index (χ0n) is 11.8. The van der Waals surface area contributed by atoms with Gasteiger partial charge in [-0.05, 0) is 42.5 Å². The molecule has 0 spiro atoms. The van der Waals surface area contributed by atoms with Crippen molar-refractivity contribution in [1.82, 2.24) is 0 Å². The second kappa shape index (κ2) is 6.55. The zero-order chi connectivity index (χ0) is 17.4. The molecule has 0 aliphatic carbocycles. The lowest BCUT2D eigenvalue weighted by atomic mass is 10.2. The monoisotopic (exact) mass is 428 g/mol. The molecule has 0 atom stereocenters. The predicted octanol–water partition coefficient (Wildman–Crippen LogP) is 4.68. The Kier molecular flexibility index (Phi) is 4.62. The number of benzene rings is 2. The van der Waals surface area contributed by atoms with Crippen molar-refractivity contribution in [3.8, 4) is 0 Å². The van der Waals surface area contributed by atoms with Gasteiger partial charge in [0.1, 0.15) is 16.5 Å². The number of nitrogens with one attached hydrogen (secondary N) is 1. The van der Waals surface area contributed by atoms with Crippen LogP contribution in [0.15, 0.2) is 57.7 Å². The van der Waals surface area contributed by atoms with E-state index in [9.17, 15) is 14.0 Å². The number of carbonyl (C=O) groups excluding carboxylic acids is 2. The van der Waals surface area contributed by atoms with Gasteiger partial charge in [-0.15, -0.1) is 0 Å². The van der Waals surface area contributed by atoms with E-state index in [0.717, 1.165) is 15.4 Å². The second-order valence-electron chi connectivity index (χ2n) is 4.87. The van der Waals surface area contributed by atoms with Gasteiger partial charge in [0.2, 0.25) is 0 Å². The predicted molar refractivity (Wildman–Crippen MR) is 94.5 cm³/mol. The van der Waals surface area contributed by atoms with E-state index in [4.69, 9.17) is 23.2 Å². The van der Waals surface area contributed by atoms with Crippen LogP contribution in [-0.2, 0) is 9.59 Å². The molecule has 122 valence electrons. The first kappa shape index (κ1) is 17.0. The fourth-order valence-corrected chi connectivity index (χ4v) is 2.80. The number of hydrogen-bond acceptors (Lipinski definition) is 3. The van der Waals surface area contributed by atoms with E-state index in [1.54, 1.807) is 24.3 Å². The van der Waals surface area contributed by atoms with Crippen molar-refractivity contribution < 1.29 is 14.0 Å². The average molecular weight is 430 g/mol. The van der Waals surface area contributed by atoms with Crippen LogP contribution in [0.3, 0.4) is 0 Å². The molecule has 8 heteroatoms. The van der Waals surface area contributed by atoms with Gasteiger partial charge in [0, 0.05) is 10.2 Å². The number of amides is 2. The summed E-state index contributed by atoms with van der Waals surface area (Å²) in [5, 5.41) is 2.39. The highest BCUT2D eigenvalue weighted by Crippen LogP contribution is 2.32. The third-order valence-corrected chi connectivity index (χ3v) is 4.47. The van der Waals surface area contributed by atoms with Crippen LogP contribution in [0.2, 0.25) is 5.02 Å². The van der Waals surface area contributed by atoms with Crippen molar-refractivity contribution in [3.05, 3.63) is 68.5 Å². The Morgan fingerprint density at radius 1 is 1.00 bits per heavy atom. The van der Waals surface area contributed by atoms with E-state index >= 15 is 0 Å². The van der Waals surface area contributed by atoms with Gasteiger partial charge >= 0.3 is 0 Å². The van der Waals surface area contributed by atoms with Gasteiger partial charge in [-0.2, -0.15) is 0 Å². The van der Waals surface area contributed by atoms with Crippen molar-refractivity contribution in [3.63, 3.8) is 0 Å². The molecule has 2 aromatic carbocycles. The largest absolute Gasteiger partial charge is 0.350 e. The van der Waals surface area contributed by atoms with Crippen molar-refractivity contribution in [2.24, 2.45) is 0 Å². The summed E-state index contributed by atoms with van der Waals surface area (Å²) in [4.78, 5) is 25.7. The number of rotatable bonds is 3. The summed E-state index contributed by atoms with van der Waals surface area (Å²) in [5.41, 5.74) is 0.679. The third-order valence-electron chi connectivity index (χ3n) is 3.30. The number of imide groups is 1. The van der Waals surface area contributed by atoms with Crippen LogP contribution in [0.4, 0.5) is 15.8 Å². The Morgan fingerprint density at radius 3 is 2.29 bits per heavy atom. The number of nitrogens with zero attached hydrogens (tertiary/aromatic N) is 1. The SMILES string of the molecule is O=C1C(Cl)=C(Nc2ccc(Br)cc2)C(=O)N1c1ccc(F)c(Cl)c1. The Labute approximate surface area is 155 Å². The van der Waals surface area contributed by atoms with Gasteiger partial charge in [0.25, 0.3) is 11.8 Å². The molecule has 0 saturated heterocycles. The first-order valence-corrected chi connectivity index (χ1v) is 8.19. The lowest BCUT2D eigenvalue weighted by molar-refractivity contribution is -0.120. The van der Waals surface area contributed by atoms with Gasteiger partial charge < -0.3 is 5.32 Å². The number of halogens is 4. The molecular weight excluding hydrogens is 422 g/mol. The molecule has 2 amide bonds. The Morgan fingerprint density at radius 2 is 1.67 bits per heavy atom. The summed E-state index contributed by atoms with van der Waals surface area (Å²) in [6.07, 6.45) is 0. The Hall–Kier alpha value is -1.89. The van der Waals surface area contributed by atoms with E-state index in [2.05, 4.69) is 21.2 Å². The van der Waals surface area contributed by atoms with Crippen LogP contribution in [0.25, 0.3) is 0 Å². The molecule has 0 fully saturated rings. The molecule has 0 bridgehead atoms. The van der Waals surface area contributed by atoms with E-state index in [1.165, 1.54) is 12.1 Å². The van der Waals surface area contributed by atoms with Crippen molar-refractivity contribution in [2.75, 3.05) is 10.2 Å². The first-order valence-electron chi connectivity index (χ1n) is 6.64. The minimum atomic E-state index is -0.705. The molecule has 1 N–H and O–H groups in total. The van der Waals surface area contributed by atoms with Crippen molar-refractivity contribution in [2.45, 2.75) is 0 Å². The maximum atomic E-state index is 13.3. The molecule has 24 heavy (non-hydrogen) atoms. The maximum Gasteiger partial charge on any atom is 0.283 e. The Bertz CT molecular complexity index is 884.